The SMILES string of the molecule is Cc1c(Br)ccc2c1=C[C@H](C(=O)O)N=2. The molecule has 0 spiro atoms. The lowest BCUT2D eigenvalue weighted by molar-refractivity contribution is -0.136. The summed E-state index contributed by atoms with van der Waals surface area (Å²) >= 11 is 3.40. The highest BCUT2D eigenvalue weighted by Gasteiger charge is 2.17. The summed E-state index contributed by atoms with van der Waals surface area (Å²) in [5.41, 5.74) is 1.04. The minimum atomic E-state index is -0.906. The Labute approximate surface area is 88.9 Å². The van der Waals surface area contributed by atoms with Crippen molar-refractivity contribution in [2.24, 2.45) is 4.99 Å². The zero-order valence-corrected chi connectivity index (χ0v) is 9.08. The molecule has 0 unspecified atom stereocenters. The largest absolute Gasteiger partial charge is 0.479 e. The van der Waals surface area contributed by atoms with Gasteiger partial charge < -0.3 is 5.11 Å². The monoisotopic (exact) mass is 253 g/mol. The zero-order valence-electron chi connectivity index (χ0n) is 7.49. The third-order valence-electron chi connectivity index (χ3n) is 2.28. The molecule has 1 aliphatic rings. The fraction of sp³-hybridized carbons (Fsp3) is 0.200. The average molecular weight is 254 g/mol. The minimum Gasteiger partial charge on any atom is -0.479 e. The highest BCUT2D eigenvalue weighted by molar-refractivity contribution is 9.10. The third-order valence-corrected chi connectivity index (χ3v) is 3.14. The van der Waals surface area contributed by atoms with Gasteiger partial charge in [-0.25, -0.2) is 4.79 Å². The summed E-state index contributed by atoms with van der Waals surface area (Å²) in [5.74, 6) is -0.906. The lowest BCUT2D eigenvalue weighted by atomic mass is 10.1. The van der Waals surface area contributed by atoms with Gasteiger partial charge in [0.05, 0.1) is 5.36 Å². The van der Waals surface area contributed by atoms with Gasteiger partial charge in [-0.05, 0) is 30.7 Å². The smallest absolute Gasteiger partial charge is 0.332 e. The van der Waals surface area contributed by atoms with E-state index in [1.54, 1.807) is 6.08 Å². The first-order valence-corrected chi connectivity index (χ1v) is 4.96. The first kappa shape index (κ1) is 9.40. The molecular formula is C10H8BrNO2. The van der Waals surface area contributed by atoms with Gasteiger partial charge in [0.2, 0.25) is 0 Å². The topological polar surface area (TPSA) is 49.7 Å². The second-order valence-electron chi connectivity index (χ2n) is 3.18. The van der Waals surface area contributed by atoms with Crippen LogP contribution in [0, 0.1) is 6.92 Å². The van der Waals surface area contributed by atoms with E-state index < -0.39 is 12.0 Å². The van der Waals surface area contributed by atoms with Crippen molar-refractivity contribution in [2.45, 2.75) is 13.0 Å². The van der Waals surface area contributed by atoms with Crippen LogP contribution in [0.3, 0.4) is 0 Å². The molecule has 2 rings (SSSR count). The molecular weight excluding hydrogens is 246 g/mol. The van der Waals surface area contributed by atoms with Gasteiger partial charge in [-0.2, -0.15) is 0 Å². The molecule has 0 saturated heterocycles. The van der Waals surface area contributed by atoms with Gasteiger partial charge in [-0.3, -0.25) is 4.99 Å². The summed E-state index contributed by atoms with van der Waals surface area (Å²) in [7, 11) is 0. The van der Waals surface area contributed by atoms with Crippen LogP contribution in [0.4, 0.5) is 0 Å². The Balaban J connectivity index is 2.70. The Morgan fingerprint density at radius 1 is 1.57 bits per heavy atom. The first-order valence-electron chi connectivity index (χ1n) is 4.17. The van der Waals surface area contributed by atoms with Gasteiger partial charge >= 0.3 is 5.97 Å². The average Bonchev–Trinajstić information content (AvgIpc) is 2.56. The van der Waals surface area contributed by atoms with Crippen LogP contribution < -0.4 is 10.6 Å². The Kier molecular flexibility index (Phi) is 2.15. The first-order chi connectivity index (χ1) is 6.59. The number of aliphatic carboxylic acids is 1. The van der Waals surface area contributed by atoms with Crippen LogP contribution in [0.5, 0.6) is 0 Å². The molecule has 1 N–H and O–H groups in total. The number of carboxylic acid groups (broad SMARTS) is 1. The van der Waals surface area contributed by atoms with Crippen molar-refractivity contribution >= 4 is 28.0 Å². The fourth-order valence-corrected chi connectivity index (χ4v) is 1.83. The van der Waals surface area contributed by atoms with Crippen molar-refractivity contribution in [3.8, 4) is 0 Å². The van der Waals surface area contributed by atoms with Gasteiger partial charge in [-0.15, -0.1) is 0 Å². The molecule has 3 nitrogen and oxygen atoms in total. The molecule has 0 bridgehead atoms. The lowest BCUT2D eigenvalue weighted by Gasteiger charge is -1.95. The molecule has 1 aromatic carbocycles. The molecule has 72 valence electrons. The standard InChI is InChI=1S/C10H8BrNO2/c1-5-6-4-9(10(13)14)12-8(6)3-2-7(5)11/h2-4,9H,1H3,(H,13,14)/t9-/m1/s1. The molecule has 0 fully saturated rings. The van der Waals surface area contributed by atoms with Crippen molar-refractivity contribution in [3.63, 3.8) is 0 Å². The van der Waals surface area contributed by atoms with Crippen LogP contribution in [-0.2, 0) is 4.79 Å². The predicted molar refractivity (Wildman–Crippen MR) is 55.5 cm³/mol. The van der Waals surface area contributed by atoms with Crippen LogP contribution in [0.25, 0.3) is 6.08 Å². The van der Waals surface area contributed by atoms with Gasteiger partial charge in [0, 0.05) is 9.69 Å². The molecule has 0 saturated carbocycles. The number of hydrogen-bond donors (Lipinski definition) is 1. The molecule has 0 aromatic heterocycles. The summed E-state index contributed by atoms with van der Waals surface area (Å²) in [6.45, 7) is 1.94. The summed E-state index contributed by atoms with van der Waals surface area (Å²) in [6, 6.07) is 2.99. The molecule has 14 heavy (non-hydrogen) atoms. The van der Waals surface area contributed by atoms with E-state index >= 15 is 0 Å². The van der Waals surface area contributed by atoms with E-state index in [9.17, 15) is 4.79 Å². The van der Waals surface area contributed by atoms with Crippen molar-refractivity contribution in [1.29, 1.82) is 0 Å². The normalized spacial score (nSPS) is 18.3. The number of benzene rings is 1. The maximum absolute atomic E-state index is 10.7. The Bertz CT molecular complexity index is 522. The van der Waals surface area contributed by atoms with E-state index in [0.717, 1.165) is 20.6 Å². The number of nitrogens with zero attached hydrogens (tertiary/aromatic N) is 1. The number of fused-ring (bicyclic) bond motifs is 1. The Morgan fingerprint density at radius 3 is 2.93 bits per heavy atom. The van der Waals surface area contributed by atoms with Crippen molar-refractivity contribution < 1.29 is 9.90 Å². The van der Waals surface area contributed by atoms with E-state index in [-0.39, 0.29) is 0 Å². The van der Waals surface area contributed by atoms with Gasteiger partial charge in [0.15, 0.2) is 6.04 Å². The Hall–Kier alpha value is -1.16. The van der Waals surface area contributed by atoms with Gasteiger partial charge in [0.1, 0.15) is 0 Å². The zero-order chi connectivity index (χ0) is 10.3. The number of halogens is 1. The number of carbonyl (C=O) groups is 1. The number of hydrogen-bond acceptors (Lipinski definition) is 2. The molecule has 0 amide bonds. The van der Waals surface area contributed by atoms with Crippen molar-refractivity contribution in [1.82, 2.24) is 0 Å². The highest BCUT2D eigenvalue weighted by Crippen LogP contribution is 2.10. The van der Waals surface area contributed by atoms with E-state index in [1.165, 1.54) is 0 Å². The van der Waals surface area contributed by atoms with E-state index in [4.69, 9.17) is 5.11 Å². The molecule has 1 aromatic rings. The molecule has 0 radical (unpaired) electrons. The molecule has 1 aliphatic heterocycles. The van der Waals surface area contributed by atoms with Gasteiger partial charge in [0.25, 0.3) is 0 Å². The van der Waals surface area contributed by atoms with E-state index in [1.807, 2.05) is 19.1 Å². The predicted octanol–water partition coefficient (Wildman–Crippen LogP) is 0.624. The summed E-state index contributed by atoms with van der Waals surface area (Å²) in [4.78, 5) is 14.8. The second kappa shape index (κ2) is 3.20. The summed E-state index contributed by atoms with van der Waals surface area (Å²) in [6.07, 6.45) is 1.68. The summed E-state index contributed by atoms with van der Waals surface area (Å²) in [5, 5.41) is 10.5. The van der Waals surface area contributed by atoms with Crippen LogP contribution in [-0.4, -0.2) is 17.1 Å². The fourth-order valence-electron chi connectivity index (χ4n) is 1.48. The molecule has 4 heteroatoms. The summed E-state index contributed by atoms with van der Waals surface area (Å²) < 4.78 is 0.980. The van der Waals surface area contributed by atoms with Crippen LogP contribution in [0.15, 0.2) is 21.6 Å². The van der Waals surface area contributed by atoms with Crippen LogP contribution >= 0.6 is 15.9 Å². The number of rotatable bonds is 1. The van der Waals surface area contributed by atoms with Crippen LogP contribution in [0.1, 0.15) is 5.56 Å². The van der Waals surface area contributed by atoms with Crippen molar-refractivity contribution in [3.05, 3.63) is 32.7 Å². The lowest BCUT2D eigenvalue weighted by Crippen LogP contribution is -2.24. The third kappa shape index (κ3) is 1.35. The van der Waals surface area contributed by atoms with Gasteiger partial charge in [-0.1, -0.05) is 15.9 Å². The maximum atomic E-state index is 10.7. The van der Waals surface area contributed by atoms with E-state index in [2.05, 4.69) is 20.9 Å². The quantitative estimate of drug-likeness (QED) is 0.798. The molecule has 1 atom stereocenters. The molecule has 1 heterocycles. The van der Waals surface area contributed by atoms with Crippen molar-refractivity contribution in [2.75, 3.05) is 0 Å². The highest BCUT2D eigenvalue weighted by atomic mass is 79.9. The maximum Gasteiger partial charge on any atom is 0.332 e. The van der Waals surface area contributed by atoms with Crippen LogP contribution in [0.2, 0.25) is 0 Å². The van der Waals surface area contributed by atoms with E-state index in [0.29, 0.717) is 0 Å². The minimum absolute atomic E-state index is 0.724. The Morgan fingerprint density at radius 2 is 2.29 bits per heavy atom. The molecule has 0 aliphatic carbocycles. The second-order valence-corrected chi connectivity index (χ2v) is 4.04. The number of carboxylic acids is 1.